The molecule has 3 N–H and O–H groups in total. The minimum absolute atomic E-state index is 0.0529. The van der Waals surface area contributed by atoms with E-state index >= 15 is 0 Å². The van der Waals surface area contributed by atoms with Crippen LogP contribution in [0.4, 0.5) is 0 Å². The Kier molecular flexibility index (Phi) is 4.06. The highest BCUT2D eigenvalue weighted by Gasteiger charge is 2.59. The van der Waals surface area contributed by atoms with Gasteiger partial charge in [0.1, 0.15) is 0 Å². The molecule has 2 fully saturated rings. The summed E-state index contributed by atoms with van der Waals surface area (Å²) in [6.45, 7) is 10.5. The first-order valence-corrected chi connectivity index (χ1v) is 9.04. The zero-order chi connectivity index (χ0) is 17.0. The van der Waals surface area contributed by atoms with E-state index in [0.717, 1.165) is 37.7 Å². The summed E-state index contributed by atoms with van der Waals surface area (Å²) in [4.78, 5) is 0. The summed E-state index contributed by atoms with van der Waals surface area (Å²) in [6.07, 6.45) is 7.67. The number of fused-ring (bicyclic) bond motifs is 3. The highest BCUT2D eigenvalue weighted by Crippen LogP contribution is 2.63. The van der Waals surface area contributed by atoms with Crippen molar-refractivity contribution in [1.82, 2.24) is 0 Å². The fourth-order valence-electron chi connectivity index (χ4n) is 6.11. The second-order valence-electron chi connectivity index (χ2n) is 9.01. The monoisotopic (exact) mass is 320 g/mol. The Bertz CT molecular complexity index is 527. The first-order chi connectivity index (χ1) is 10.7. The van der Waals surface area contributed by atoms with Crippen molar-refractivity contribution in [2.45, 2.75) is 65.1 Å². The molecule has 3 aliphatic carbocycles. The summed E-state index contributed by atoms with van der Waals surface area (Å²) >= 11 is 0. The van der Waals surface area contributed by atoms with Crippen molar-refractivity contribution < 1.29 is 15.3 Å². The van der Waals surface area contributed by atoms with Crippen molar-refractivity contribution in [1.29, 1.82) is 0 Å². The molecule has 0 aliphatic heterocycles. The molecule has 23 heavy (non-hydrogen) atoms. The lowest BCUT2D eigenvalue weighted by Gasteiger charge is -2.61. The van der Waals surface area contributed by atoms with Gasteiger partial charge in [-0.2, -0.15) is 0 Å². The van der Waals surface area contributed by atoms with E-state index in [9.17, 15) is 15.3 Å². The molecule has 3 rings (SSSR count). The van der Waals surface area contributed by atoms with Crippen molar-refractivity contribution in [3.8, 4) is 0 Å². The standard InChI is InChI=1S/C20H32O3/c1-5-18(2)10-7-14-13(17(18)23)11-15(22)16-19(3,12-21)8-6-9-20(14,16)4/h5,11,14-17,21-23H,1,6-10,12H2,2-4H3/t14-,15+,16-,17+,18+,19+,20-/m0/s1. The third-order valence-corrected chi connectivity index (χ3v) is 7.57. The maximum Gasteiger partial charge on any atom is 0.0841 e. The number of aliphatic hydroxyl groups excluding tert-OH is 3. The average Bonchev–Trinajstić information content (AvgIpc) is 2.51. The zero-order valence-electron chi connectivity index (χ0n) is 14.8. The highest BCUT2D eigenvalue weighted by atomic mass is 16.3. The Morgan fingerprint density at radius 2 is 1.91 bits per heavy atom. The molecule has 0 radical (unpaired) electrons. The van der Waals surface area contributed by atoms with Gasteiger partial charge in [-0.25, -0.2) is 0 Å². The van der Waals surface area contributed by atoms with Crippen molar-refractivity contribution in [2.24, 2.45) is 28.1 Å². The molecule has 3 nitrogen and oxygen atoms in total. The number of aliphatic hydroxyl groups is 3. The van der Waals surface area contributed by atoms with Crippen LogP contribution in [0.5, 0.6) is 0 Å². The molecule has 0 bridgehead atoms. The van der Waals surface area contributed by atoms with E-state index in [-0.39, 0.29) is 28.8 Å². The Morgan fingerprint density at radius 1 is 1.22 bits per heavy atom. The average molecular weight is 320 g/mol. The van der Waals surface area contributed by atoms with Gasteiger partial charge in [-0.1, -0.05) is 39.3 Å². The van der Waals surface area contributed by atoms with Crippen molar-refractivity contribution in [2.75, 3.05) is 6.61 Å². The lowest BCUT2D eigenvalue weighted by molar-refractivity contribution is -0.134. The molecule has 130 valence electrons. The van der Waals surface area contributed by atoms with Gasteiger partial charge in [0.25, 0.3) is 0 Å². The molecule has 0 spiro atoms. The lowest BCUT2D eigenvalue weighted by Crippen LogP contribution is -2.59. The Labute approximate surface area is 140 Å². The van der Waals surface area contributed by atoms with E-state index in [1.165, 1.54) is 0 Å². The minimum atomic E-state index is -0.592. The quantitative estimate of drug-likeness (QED) is 0.685. The smallest absolute Gasteiger partial charge is 0.0841 e. The van der Waals surface area contributed by atoms with E-state index in [4.69, 9.17) is 0 Å². The first-order valence-electron chi connectivity index (χ1n) is 9.04. The van der Waals surface area contributed by atoms with Crippen molar-refractivity contribution >= 4 is 0 Å². The molecule has 2 saturated carbocycles. The van der Waals surface area contributed by atoms with Crippen LogP contribution in [0.3, 0.4) is 0 Å². The Balaban J connectivity index is 2.07. The summed E-state index contributed by atoms with van der Waals surface area (Å²) < 4.78 is 0. The fraction of sp³-hybridized carbons (Fsp3) is 0.800. The summed E-state index contributed by atoms with van der Waals surface area (Å²) in [5.41, 5.74) is 0.411. The maximum atomic E-state index is 10.9. The van der Waals surface area contributed by atoms with Crippen LogP contribution in [0.15, 0.2) is 24.3 Å². The molecule has 0 aromatic heterocycles. The minimum Gasteiger partial charge on any atom is -0.396 e. The predicted octanol–water partition coefficient (Wildman–Crippen LogP) is 3.06. The molecule has 3 aliphatic rings. The van der Waals surface area contributed by atoms with Crippen LogP contribution in [0, 0.1) is 28.1 Å². The van der Waals surface area contributed by atoms with E-state index in [0.29, 0.717) is 5.92 Å². The lowest BCUT2D eigenvalue weighted by atomic mass is 9.44. The second-order valence-corrected chi connectivity index (χ2v) is 9.01. The van der Waals surface area contributed by atoms with Gasteiger partial charge in [0.15, 0.2) is 0 Å². The second kappa shape index (κ2) is 5.44. The van der Waals surface area contributed by atoms with Crippen LogP contribution in [-0.2, 0) is 0 Å². The third-order valence-electron chi connectivity index (χ3n) is 7.57. The molecule has 0 aromatic carbocycles. The van der Waals surface area contributed by atoms with Crippen LogP contribution in [0.1, 0.15) is 52.9 Å². The predicted molar refractivity (Wildman–Crippen MR) is 91.8 cm³/mol. The fourth-order valence-corrected chi connectivity index (χ4v) is 6.11. The van der Waals surface area contributed by atoms with Gasteiger partial charge in [0.2, 0.25) is 0 Å². The van der Waals surface area contributed by atoms with Gasteiger partial charge in [-0.3, -0.25) is 0 Å². The maximum absolute atomic E-state index is 10.9. The molecule has 0 unspecified atom stereocenters. The molecular weight excluding hydrogens is 288 g/mol. The zero-order valence-corrected chi connectivity index (χ0v) is 14.8. The third kappa shape index (κ3) is 2.27. The van der Waals surface area contributed by atoms with Gasteiger partial charge in [-0.15, -0.1) is 6.58 Å². The normalized spacial score (nSPS) is 53.0. The summed E-state index contributed by atoms with van der Waals surface area (Å²) in [5, 5.41) is 31.8. The summed E-state index contributed by atoms with van der Waals surface area (Å²) in [5.74, 6) is 0.355. The molecule has 3 heteroatoms. The first kappa shape index (κ1) is 17.2. The summed E-state index contributed by atoms with van der Waals surface area (Å²) in [6, 6.07) is 0. The van der Waals surface area contributed by atoms with Crippen LogP contribution in [0.2, 0.25) is 0 Å². The van der Waals surface area contributed by atoms with Crippen molar-refractivity contribution in [3.63, 3.8) is 0 Å². The van der Waals surface area contributed by atoms with Crippen molar-refractivity contribution in [3.05, 3.63) is 24.3 Å². The van der Waals surface area contributed by atoms with Crippen LogP contribution in [0.25, 0.3) is 0 Å². The van der Waals surface area contributed by atoms with Gasteiger partial charge < -0.3 is 15.3 Å². The largest absolute Gasteiger partial charge is 0.396 e. The molecular formula is C20H32O3. The molecule has 0 aromatic rings. The Hall–Kier alpha value is -0.640. The van der Waals surface area contributed by atoms with Crippen LogP contribution in [-0.4, -0.2) is 34.1 Å². The highest BCUT2D eigenvalue weighted by molar-refractivity contribution is 5.31. The number of hydrogen-bond acceptors (Lipinski definition) is 3. The SMILES string of the molecule is C=C[C@]1(C)CC[C@H]2C(=C[C@@H](O)[C@H]3[C@@](C)(CO)CCC[C@@]23C)[C@H]1O. The van der Waals surface area contributed by atoms with E-state index in [1.807, 2.05) is 12.2 Å². The molecule has 0 amide bonds. The van der Waals surface area contributed by atoms with Gasteiger partial charge >= 0.3 is 0 Å². The van der Waals surface area contributed by atoms with E-state index in [1.54, 1.807) is 0 Å². The van der Waals surface area contributed by atoms with Gasteiger partial charge in [0.05, 0.1) is 12.2 Å². The summed E-state index contributed by atoms with van der Waals surface area (Å²) in [7, 11) is 0. The topological polar surface area (TPSA) is 60.7 Å². The number of rotatable bonds is 2. The van der Waals surface area contributed by atoms with Crippen LogP contribution >= 0.6 is 0 Å². The molecule has 0 heterocycles. The molecule has 7 atom stereocenters. The number of hydrogen-bond donors (Lipinski definition) is 3. The molecule has 0 saturated heterocycles. The van der Waals surface area contributed by atoms with E-state index < -0.39 is 12.2 Å². The van der Waals surface area contributed by atoms with Gasteiger partial charge in [-0.05, 0) is 48.0 Å². The Morgan fingerprint density at radius 3 is 2.52 bits per heavy atom. The van der Waals surface area contributed by atoms with E-state index in [2.05, 4.69) is 27.4 Å². The van der Waals surface area contributed by atoms with Gasteiger partial charge in [0, 0.05) is 17.9 Å². The van der Waals surface area contributed by atoms with Crippen LogP contribution < -0.4 is 0 Å².